The molecule has 0 spiro atoms. The van der Waals surface area contributed by atoms with E-state index in [9.17, 15) is 8.78 Å². The van der Waals surface area contributed by atoms with Gasteiger partial charge in [0.05, 0.1) is 18.2 Å². The van der Waals surface area contributed by atoms with Crippen LogP contribution in [0, 0.1) is 18.3 Å². The predicted molar refractivity (Wildman–Crippen MR) is 51.1 cm³/mol. The highest BCUT2D eigenvalue weighted by Crippen LogP contribution is 2.25. The van der Waals surface area contributed by atoms with Crippen LogP contribution in [0.4, 0.5) is 8.78 Å². The number of nitrogens with two attached hydrogens (primary N) is 1. The number of aromatic nitrogens is 1. The van der Waals surface area contributed by atoms with Crippen molar-refractivity contribution in [3.63, 3.8) is 0 Å². The lowest BCUT2D eigenvalue weighted by Gasteiger charge is -2.11. The molecule has 1 rings (SSSR count). The first-order valence-electron chi connectivity index (χ1n) is 4.44. The van der Waals surface area contributed by atoms with Crippen LogP contribution in [0.2, 0.25) is 0 Å². The SMILES string of the molecule is Cc1c(C(F)F)cnc(CC#N)c1CN. The topological polar surface area (TPSA) is 62.7 Å². The van der Waals surface area contributed by atoms with Crippen LogP contribution in [0.25, 0.3) is 0 Å². The monoisotopic (exact) mass is 211 g/mol. The molecule has 0 saturated carbocycles. The smallest absolute Gasteiger partial charge is 0.265 e. The van der Waals surface area contributed by atoms with E-state index < -0.39 is 6.43 Å². The van der Waals surface area contributed by atoms with Gasteiger partial charge < -0.3 is 5.73 Å². The molecule has 0 aliphatic rings. The Labute approximate surface area is 86.5 Å². The molecule has 0 amide bonds. The second kappa shape index (κ2) is 4.80. The Morgan fingerprint density at radius 1 is 1.60 bits per heavy atom. The fourth-order valence-corrected chi connectivity index (χ4v) is 1.43. The second-order valence-corrected chi connectivity index (χ2v) is 3.10. The van der Waals surface area contributed by atoms with Gasteiger partial charge in [0, 0.05) is 18.3 Å². The first kappa shape index (κ1) is 11.5. The fraction of sp³-hybridized carbons (Fsp3) is 0.400. The Bertz CT molecular complexity index is 396. The van der Waals surface area contributed by atoms with Crippen molar-refractivity contribution in [3.8, 4) is 6.07 Å². The van der Waals surface area contributed by atoms with Gasteiger partial charge in [0.15, 0.2) is 0 Å². The van der Waals surface area contributed by atoms with Crippen LogP contribution in [0.3, 0.4) is 0 Å². The van der Waals surface area contributed by atoms with E-state index in [1.165, 1.54) is 0 Å². The highest BCUT2D eigenvalue weighted by atomic mass is 19.3. The van der Waals surface area contributed by atoms with Crippen LogP contribution in [0.1, 0.15) is 28.8 Å². The molecular weight excluding hydrogens is 200 g/mol. The zero-order valence-corrected chi connectivity index (χ0v) is 8.30. The van der Waals surface area contributed by atoms with Gasteiger partial charge in [-0.05, 0) is 18.1 Å². The van der Waals surface area contributed by atoms with Crippen molar-refractivity contribution in [1.29, 1.82) is 5.26 Å². The Balaban J connectivity index is 3.27. The third-order valence-corrected chi connectivity index (χ3v) is 2.28. The van der Waals surface area contributed by atoms with Gasteiger partial charge in [-0.25, -0.2) is 8.78 Å². The lowest BCUT2D eigenvalue weighted by Crippen LogP contribution is -2.09. The van der Waals surface area contributed by atoms with Gasteiger partial charge in [-0.15, -0.1) is 0 Å². The summed E-state index contributed by atoms with van der Waals surface area (Å²) in [5, 5.41) is 8.53. The summed E-state index contributed by atoms with van der Waals surface area (Å²) in [5.41, 5.74) is 6.82. The summed E-state index contributed by atoms with van der Waals surface area (Å²) in [5.74, 6) is 0. The third kappa shape index (κ3) is 2.28. The Morgan fingerprint density at radius 3 is 2.73 bits per heavy atom. The van der Waals surface area contributed by atoms with Crippen molar-refractivity contribution in [1.82, 2.24) is 4.98 Å². The number of nitrogens with zero attached hydrogens (tertiary/aromatic N) is 2. The quantitative estimate of drug-likeness (QED) is 0.829. The maximum atomic E-state index is 12.5. The molecule has 1 aromatic rings. The van der Waals surface area contributed by atoms with Crippen molar-refractivity contribution < 1.29 is 8.78 Å². The number of alkyl halides is 2. The van der Waals surface area contributed by atoms with Gasteiger partial charge in [0.25, 0.3) is 6.43 Å². The average molecular weight is 211 g/mol. The molecule has 0 aliphatic carbocycles. The molecule has 80 valence electrons. The zero-order valence-electron chi connectivity index (χ0n) is 8.30. The lowest BCUT2D eigenvalue weighted by atomic mass is 10.0. The number of hydrogen-bond donors (Lipinski definition) is 1. The molecule has 0 aliphatic heterocycles. The molecule has 0 bridgehead atoms. The van der Waals surface area contributed by atoms with Crippen molar-refractivity contribution >= 4 is 0 Å². The molecule has 0 atom stereocenters. The average Bonchev–Trinajstić information content (AvgIpc) is 2.18. The first-order chi connectivity index (χ1) is 7.11. The van der Waals surface area contributed by atoms with Crippen LogP contribution in [0.5, 0.6) is 0 Å². The third-order valence-electron chi connectivity index (χ3n) is 2.28. The van der Waals surface area contributed by atoms with E-state index in [0.29, 0.717) is 16.8 Å². The van der Waals surface area contributed by atoms with Crippen molar-refractivity contribution in [2.75, 3.05) is 0 Å². The molecular formula is C10H11F2N3. The lowest BCUT2D eigenvalue weighted by molar-refractivity contribution is 0.150. The number of hydrogen-bond acceptors (Lipinski definition) is 3. The molecule has 0 unspecified atom stereocenters. The van der Waals surface area contributed by atoms with Crippen molar-refractivity contribution in [2.24, 2.45) is 5.73 Å². The first-order valence-corrected chi connectivity index (χ1v) is 4.44. The second-order valence-electron chi connectivity index (χ2n) is 3.10. The summed E-state index contributed by atoms with van der Waals surface area (Å²) in [6.07, 6.45) is -1.35. The van der Waals surface area contributed by atoms with Gasteiger partial charge in [0.1, 0.15) is 0 Å². The van der Waals surface area contributed by atoms with E-state index in [-0.39, 0.29) is 18.5 Å². The molecule has 0 radical (unpaired) electrons. The number of pyridine rings is 1. The van der Waals surface area contributed by atoms with Gasteiger partial charge >= 0.3 is 0 Å². The molecule has 0 saturated heterocycles. The van der Waals surface area contributed by atoms with E-state index in [1.807, 2.05) is 6.07 Å². The summed E-state index contributed by atoms with van der Waals surface area (Å²) >= 11 is 0. The van der Waals surface area contributed by atoms with E-state index >= 15 is 0 Å². The molecule has 5 heteroatoms. The van der Waals surface area contributed by atoms with Crippen molar-refractivity contribution in [3.05, 3.63) is 28.6 Å². The minimum absolute atomic E-state index is 0.0941. The number of rotatable bonds is 3. The molecule has 0 aromatic carbocycles. The van der Waals surface area contributed by atoms with E-state index in [1.54, 1.807) is 6.92 Å². The van der Waals surface area contributed by atoms with Gasteiger partial charge in [-0.2, -0.15) is 5.26 Å². The van der Waals surface area contributed by atoms with E-state index in [0.717, 1.165) is 6.20 Å². The summed E-state index contributed by atoms with van der Waals surface area (Å²) in [6.45, 7) is 1.70. The van der Waals surface area contributed by atoms with Crippen LogP contribution in [-0.4, -0.2) is 4.98 Å². The van der Waals surface area contributed by atoms with Gasteiger partial charge in [-0.3, -0.25) is 4.98 Å². The minimum atomic E-state index is -2.56. The molecule has 2 N–H and O–H groups in total. The zero-order chi connectivity index (χ0) is 11.4. The highest BCUT2D eigenvalue weighted by molar-refractivity contribution is 5.37. The summed E-state index contributed by atoms with van der Waals surface area (Å²) in [6, 6.07) is 1.93. The number of nitriles is 1. The standard InChI is InChI=1S/C10H11F2N3/c1-6-7(4-14)9(2-3-13)15-5-8(6)10(11)12/h5,10H,2,4,14H2,1H3. The Kier molecular flexibility index (Phi) is 3.69. The van der Waals surface area contributed by atoms with Crippen LogP contribution < -0.4 is 5.73 Å². The fourth-order valence-electron chi connectivity index (χ4n) is 1.43. The van der Waals surface area contributed by atoms with Gasteiger partial charge in [0.2, 0.25) is 0 Å². The maximum absolute atomic E-state index is 12.5. The predicted octanol–water partition coefficient (Wildman–Crippen LogP) is 1.85. The van der Waals surface area contributed by atoms with Crippen molar-refractivity contribution in [2.45, 2.75) is 26.3 Å². The summed E-state index contributed by atoms with van der Waals surface area (Å²) in [7, 11) is 0. The van der Waals surface area contributed by atoms with Crippen LogP contribution in [-0.2, 0) is 13.0 Å². The number of halogens is 2. The summed E-state index contributed by atoms with van der Waals surface area (Å²) < 4.78 is 25.0. The minimum Gasteiger partial charge on any atom is -0.326 e. The Hall–Kier alpha value is -1.54. The summed E-state index contributed by atoms with van der Waals surface area (Å²) in [4.78, 5) is 3.84. The van der Waals surface area contributed by atoms with E-state index in [4.69, 9.17) is 11.0 Å². The molecule has 0 fully saturated rings. The molecule has 3 nitrogen and oxygen atoms in total. The van der Waals surface area contributed by atoms with E-state index in [2.05, 4.69) is 4.98 Å². The van der Waals surface area contributed by atoms with Crippen LogP contribution >= 0.6 is 0 Å². The molecule has 1 heterocycles. The largest absolute Gasteiger partial charge is 0.326 e. The molecule has 1 aromatic heterocycles. The Morgan fingerprint density at radius 2 is 2.27 bits per heavy atom. The normalized spacial score (nSPS) is 10.4. The highest BCUT2D eigenvalue weighted by Gasteiger charge is 2.16. The molecule has 15 heavy (non-hydrogen) atoms. The maximum Gasteiger partial charge on any atom is 0.265 e. The van der Waals surface area contributed by atoms with Crippen LogP contribution in [0.15, 0.2) is 6.20 Å². The van der Waals surface area contributed by atoms with Gasteiger partial charge in [-0.1, -0.05) is 0 Å².